The first kappa shape index (κ1) is 15.8. The number of hydrogen-bond acceptors (Lipinski definition) is 4. The van der Waals surface area contributed by atoms with Crippen LogP contribution in [0.4, 0.5) is 5.69 Å². The number of aliphatic carboxylic acids is 1. The summed E-state index contributed by atoms with van der Waals surface area (Å²) in [7, 11) is -2.12. The number of hydrogen-bond donors (Lipinski definition) is 2. The molecule has 0 radical (unpaired) electrons. The fourth-order valence-corrected chi connectivity index (χ4v) is 3.41. The van der Waals surface area contributed by atoms with Crippen LogP contribution in [0, 0.1) is 0 Å². The van der Waals surface area contributed by atoms with Crippen molar-refractivity contribution >= 4 is 21.7 Å². The molecule has 0 amide bonds. The van der Waals surface area contributed by atoms with E-state index in [2.05, 4.69) is 4.72 Å². The average Bonchev–Trinajstić information content (AvgIpc) is 2.48. The van der Waals surface area contributed by atoms with Crippen molar-refractivity contribution in [2.24, 2.45) is 0 Å². The first-order valence-corrected chi connectivity index (χ1v) is 8.34. The lowest BCUT2D eigenvalue weighted by molar-refractivity contribution is -0.143. The van der Waals surface area contributed by atoms with Crippen molar-refractivity contribution in [3.63, 3.8) is 0 Å². The largest absolute Gasteiger partial charge is 0.480 e. The van der Waals surface area contributed by atoms with E-state index in [4.69, 9.17) is 0 Å². The van der Waals surface area contributed by atoms with Crippen LogP contribution in [0.3, 0.4) is 0 Å². The predicted molar refractivity (Wildman–Crippen MR) is 79.9 cm³/mol. The molecule has 0 aromatic heterocycles. The Morgan fingerprint density at radius 3 is 2.43 bits per heavy atom. The van der Waals surface area contributed by atoms with Gasteiger partial charge in [-0.25, -0.2) is 17.9 Å². The summed E-state index contributed by atoms with van der Waals surface area (Å²) < 4.78 is 25.7. The zero-order valence-electron chi connectivity index (χ0n) is 12.2. The van der Waals surface area contributed by atoms with Crippen molar-refractivity contribution in [1.82, 2.24) is 4.72 Å². The quantitative estimate of drug-likeness (QED) is 0.878. The van der Waals surface area contributed by atoms with Gasteiger partial charge in [0.1, 0.15) is 5.54 Å². The van der Waals surface area contributed by atoms with E-state index in [0.29, 0.717) is 13.0 Å². The highest BCUT2D eigenvalue weighted by Crippen LogP contribution is 2.33. The van der Waals surface area contributed by atoms with E-state index in [9.17, 15) is 18.3 Å². The highest BCUT2D eigenvalue weighted by Gasteiger charge is 2.41. The van der Waals surface area contributed by atoms with Gasteiger partial charge < -0.3 is 10.0 Å². The van der Waals surface area contributed by atoms with Crippen molar-refractivity contribution < 1.29 is 18.3 Å². The minimum absolute atomic E-state index is 0.169. The molecular weight excluding hydrogens is 292 g/mol. The van der Waals surface area contributed by atoms with Crippen molar-refractivity contribution in [3.8, 4) is 0 Å². The Labute approximate surface area is 124 Å². The molecule has 0 bridgehead atoms. The molecule has 1 unspecified atom stereocenters. The molecule has 2 rings (SSSR count). The zero-order chi connectivity index (χ0) is 15.7. The van der Waals surface area contributed by atoms with Crippen LogP contribution in [0.15, 0.2) is 29.2 Å². The highest BCUT2D eigenvalue weighted by molar-refractivity contribution is 7.89. The summed E-state index contributed by atoms with van der Waals surface area (Å²) in [6.07, 6.45) is 2.39. The summed E-state index contributed by atoms with van der Waals surface area (Å²) in [6, 6.07) is 6.32. The van der Waals surface area contributed by atoms with Gasteiger partial charge in [0, 0.05) is 12.2 Å². The van der Waals surface area contributed by atoms with E-state index in [1.54, 1.807) is 19.1 Å². The highest BCUT2D eigenvalue weighted by atomic mass is 32.2. The molecule has 1 aliphatic rings. The van der Waals surface area contributed by atoms with Gasteiger partial charge >= 0.3 is 5.97 Å². The molecular formula is C14H20N2O4S. The van der Waals surface area contributed by atoms with Crippen LogP contribution < -0.4 is 9.62 Å². The van der Waals surface area contributed by atoms with Gasteiger partial charge in [-0.15, -0.1) is 0 Å². The number of carbonyl (C=O) groups is 1. The number of nitrogens with one attached hydrogen (secondary N) is 1. The molecule has 1 heterocycles. The summed E-state index contributed by atoms with van der Waals surface area (Å²) in [5.41, 5.74) is -0.212. The summed E-state index contributed by atoms with van der Waals surface area (Å²) in [6.45, 7) is 2.37. The van der Waals surface area contributed by atoms with Gasteiger partial charge in [0.25, 0.3) is 0 Å². The topological polar surface area (TPSA) is 86.7 Å². The summed E-state index contributed by atoms with van der Waals surface area (Å²) in [5, 5.41) is 9.50. The molecule has 6 nitrogen and oxygen atoms in total. The van der Waals surface area contributed by atoms with Gasteiger partial charge in [0.15, 0.2) is 0 Å². The maximum Gasteiger partial charge on any atom is 0.329 e. The van der Waals surface area contributed by atoms with Gasteiger partial charge in [0.05, 0.1) is 4.90 Å². The van der Waals surface area contributed by atoms with Crippen molar-refractivity contribution in [2.75, 3.05) is 18.5 Å². The van der Waals surface area contributed by atoms with Gasteiger partial charge in [-0.3, -0.25) is 0 Å². The fourth-order valence-electron chi connectivity index (χ4n) is 2.68. The van der Waals surface area contributed by atoms with Crippen molar-refractivity contribution in [3.05, 3.63) is 24.3 Å². The lowest BCUT2D eigenvalue weighted by Gasteiger charge is -2.43. The molecule has 116 valence electrons. The Balaban J connectivity index is 2.35. The van der Waals surface area contributed by atoms with E-state index in [1.807, 2.05) is 4.90 Å². The van der Waals surface area contributed by atoms with E-state index in [0.717, 1.165) is 18.5 Å². The minimum atomic E-state index is -3.48. The Bertz CT molecular complexity index is 627. The summed E-state index contributed by atoms with van der Waals surface area (Å²) in [4.78, 5) is 13.6. The van der Waals surface area contributed by atoms with Crippen LogP contribution in [0.2, 0.25) is 0 Å². The van der Waals surface area contributed by atoms with Crippen molar-refractivity contribution in [2.45, 2.75) is 36.6 Å². The number of carboxylic acids is 1. The molecule has 2 N–H and O–H groups in total. The van der Waals surface area contributed by atoms with Gasteiger partial charge in [-0.1, -0.05) is 0 Å². The van der Waals surface area contributed by atoms with Crippen LogP contribution >= 0.6 is 0 Å². The molecule has 0 saturated carbocycles. The molecule has 0 aliphatic carbocycles. The third-order valence-electron chi connectivity index (χ3n) is 4.08. The first-order chi connectivity index (χ1) is 9.81. The monoisotopic (exact) mass is 312 g/mol. The van der Waals surface area contributed by atoms with Crippen LogP contribution in [0.25, 0.3) is 0 Å². The molecule has 1 saturated heterocycles. The predicted octanol–water partition coefficient (Wildman–Crippen LogP) is 1.43. The van der Waals surface area contributed by atoms with Crippen molar-refractivity contribution in [1.29, 1.82) is 0 Å². The molecule has 7 heteroatoms. The van der Waals surface area contributed by atoms with Crippen LogP contribution in [-0.2, 0) is 14.8 Å². The first-order valence-electron chi connectivity index (χ1n) is 6.86. The smallest absolute Gasteiger partial charge is 0.329 e. The van der Waals surface area contributed by atoms with E-state index < -0.39 is 21.5 Å². The summed E-state index contributed by atoms with van der Waals surface area (Å²) >= 11 is 0. The number of sulfonamides is 1. The standard InChI is InChI=1S/C14H20N2O4S/c1-14(13(17)18)9-3-4-10-16(14)11-5-7-12(8-6-11)21(19,20)15-2/h5-8,15H,3-4,9-10H2,1-2H3,(H,17,18). The van der Waals surface area contributed by atoms with Crippen LogP contribution in [0.1, 0.15) is 26.2 Å². The van der Waals surface area contributed by atoms with E-state index in [1.165, 1.54) is 19.2 Å². The van der Waals surface area contributed by atoms with Gasteiger partial charge in [0.2, 0.25) is 10.0 Å². The zero-order valence-corrected chi connectivity index (χ0v) is 13.0. The third kappa shape index (κ3) is 2.89. The number of anilines is 1. The maximum atomic E-state index is 11.7. The second kappa shape index (κ2) is 5.65. The Hall–Kier alpha value is -1.60. The maximum absolute atomic E-state index is 11.7. The summed E-state index contributed by atoms with van der Waals surface area (Å²) in [5.74, 6) is -0.853. The SMILES string of the molecule is CNS(=O)(=O)c1ccc(N2CCCCC2(C)C(=O)O)cc1. The number of carboxylic acid groups (broad SMARTS) is 1. The minimum Gasteiger partial charge on any atom is -0.480 e. The molecule has 1 aromatic rings. The third-order valence-corrected chi connectivity index (χ3v) is 5.51. The van der Waals surface area contributed by atoms with E-state index in [-0.39, 0.29) is 4.90 Å². The second-order valence-corrected chi connectivity index (χ2v) is 7.28. The van der Waals surface area contributed by atoms with Crippen LogP contribution in [0.5, 0.6) is 0 Å². The fraction of sp³-hybridized carbons (Fsp3) is 0.500. The molecule has 1 aromatic carbocycles. The Morgan fingerprint density at radius 1 is 1.29 bits per heavy atom. The van der Waals surface area contributed by atoms with Gasteiger partial charge in [-0.05, 0) is 57.5 Å². The molecule has 21 heavy (non-hydrogen) atoms. The normalized spacial score (nSPS) is 23.0. The molecule has 0 spiro atoms. The second-order valence-electron chi connectivity index (χ2n) is 5.39. The Kier molecular flexibility index (Phi) is 4.25. The number of nitrogens with zero attached hydrogens (tertiary/aromatic N) is 1. The average molecular weight is 312 g/mol. The molecule has 1 atom stereocenters. The Morgan fingerprint density at radius 2 is 1.90 bits per heavy atom. The van der Waals surface area contributed by atoms with Gasteiger partial charge in [-0.2, -0.15) is 0 Å². The molecule has 1 aliphatic heterocycles. The lowest BCUT2D eigenvalue weighted by atomic mass is 9.88. The van der Waals surface area contributed by atoms with Crippen LogP contribution in [-0.4, -0.2) is 38.6 Å². The number of benzene rings is 1. The van der Waals surface area contributed by atoms with E-state index >= 15 is 0 Å². The number of rotatable bonds is 4. The lowest BCUT2D eigenvalue weighted by Crippen LogP contribution is -2.55. The number of piperidine rings is 1. The molecule has 1 fully saturated rings.